The number of sulfone groups is 1. The molecule has 1 heterocycles. The van der Waals surface area contributed by atoms with E-state index in [4.69, 9.17) is 5.11 Å². The molecule has 1 aromatic rings. The van der Waals surface area contributed by atoms with Gasteiger partial charge in [0.1, 0.15) is 0 Å². The number of carbonyl (C=O) groups is 2. The number of carbonyl (C=O) groups excluding carboxylic acids is 1. The highest BCUT2D eigenvalue weighted by Crippen LogP contribution is 2.19. The van der Waals surface area contributed by atoms with Crippen LogP contribution in [-0.4, -0.2) is 49.6 Å². The molecule has 0 aliphatic carbocycles. The number of hydrogen-bond acceptors (Lipinski definition) is 4. The van der Waals surface area contributed by atoms with E-state index in [2.05, 4.69) is 0 Å². The van der Waals surface area contributed by atoms with Crippen LogP contribution in [0, 0.1) is 5.92 Å². The molecule has 2 rings (SSSR count). The van der Waals surface area contributed by atoms with E-state index in [0.29, 0.717) is 24.9 Å². The van der Waals surface area contributed by atoms with Crippen molar-refractivity contribution in [3.63, 3.8) is 0 Å². The Morgan fingerprint density at radius 3 is 2.38 bits per heavy atom. The number of aliphatic carboxylic acids is 1. The first-order valence-electron chi connectivity index (χ1n) is 6.61. The summed E-state index contributed by atoms with van der Waals surface area (Å²) in [6.45, 7) is 0.721. The third kappa shape index (κ3) is 3.60. The Labute approximate surface area is 123 Å². The van der Waals surface area contributed by atoms with Crippen LogP contribution in [0.1, 0.15) is 23.2 Å². The second-order valence-corrected chi connectivity index (χ2v) is 7.24. The van der Waals surface area contributed by atoms with Gasteiger partial charge in [-0.15, -0.1) is 0 Å². The highest BCUT2D eigenvalue weighted by atomic mass is 32.2. The Morgan fingerprint density at radius 2 is 1.86 bits per heavy atom. The molecule has 1 N–H and O–H groups in total. The number of nitrogens with zero attached hydrogens (tertiary/aromatic N) is 1. The lowest BCUT2D eigenvalue weighted by atomic mass is 9.97. The first-order valence-corrected chi connectivity index (χ1v) is 8.50. The van der Waals surface area contributed by atoms with E-state index in [-0.39, 0.29) is 17.3 Å². The quantitative estimate of drug-likeness (QED) is 0.900. The molecule has 1 atom stereocenters. The predicted octanol–water partition coefficient (Wildman–Crippen LogP) is 1.03. The minimum atomic E-state index is -3.29. The highest BCUT2D eigenvalue weighted by molar-refractivity contribution is 7.90. The molecule has 1 aliphatic heterocycles. The number of benzene rings is 1. The van der Waals surface area contributed by atoms with E-state index < -0.39 is 21.7 Å². The third-order valence-corrected chi connectivity index (χ3v) is 4.72. The first-order chi connectivity index (χ1) is 9.79. The molecule has 1 aliphatic rings. The van der Waals surface area contributed by atoms with Gasteiger partial charge < -0.3 is 10.0 Å². The maximum Gasteiger partial charge on any atom is 0.308 e. The number of hydrogen-bond donors (Lipinski definition) is 1. The fourth-order valence-corrected chi connectivity index (χ4v) is 3.02. The highest BCUT2D eigenvalue weighted by Gasteiger charge is 2.28. The lowest BCUT2D eigenvalue weighted by molar-refractivity contribution is -0.143. The average Bonchev–Trinajstić information content (AvgIpc) is 2.46. The van der Waals surface area contributed by atoms with E-state index in [1.807, 2.05) is 0 Å². The molecule has 21 heavy (non-hydrogen) atoms. The summed E-state index contributed by atoms with van der Waals surface area (Å²) in [7, 11) is -3.29. The van der Waals surface area contributed by atoms with Crippen LogP contribution in [0.15, 0.2) is 29.2 Å². The summed E-state index contributed by atoms with van der Waals surface area (Å²) in [6.07, 6.45) is 2.34. The van der Waals surface area contributed by atoms with Crippen LogP contribution in [0.5, 0.6) is 0 Å². The van der Waals surface area contributed by atoms with Crippen molar-refractivity contribution in [3.8, 4) is 0 Å². The molecule has 0 saturated carbocycles. The van der Waals surface area contributed by atoms with Crippen molar-refractivity contribution in [2.24, 2.45) is 5.92 Å². The number of carboxylic acids is 1. The van der Waals surface area contributed by atoms with Crippen molar-refractivity contribution in [2.75, 3.05) is 19.3 Å². The monoisotopic (exact) mass is 311 g/mol. The van der Waals surface area contributed by atoms with Crippen LogP contribution in [-0.2, 0) is 14.6 Å². The summed E-state index contributed by atoms with van der Waals surface area (Å²) < 4.78 is 22.7. The summed E-state index contributed by atoms with van der Waals surface area (Å²) in [5.74, 6) is -1.68. The molecule has 0 aromatic heterocycles. The van der Waals surface area contributed by atoms with Crippen molar-refractivity contribution < 1.29 is 23.1 Å². The van der Waals surface area contributed by atoms with E-state index in [1.54, 1.807) is 0 Å². The van der Waals surface area contributed by atoms with E-state index >= 15 is 0 Å². The molecule has 0 spiro atoms. The number of rotatable bonds is 3. The molecular formula is C14H17NO5S. The Hall–Kier alpha value is -1.89. The summed E-state index contributed by atoms with van der Waals surface area (Å²) in [4.78, 5) is 25.0. The largest absolute Gasteiger partial charge is 0.481 e. The molecule has 0 unspecified atom stereocenters. The van der Waals surface area contributed by atoms with E-state index in [9.17, 15) is 18.0 Å². The Balaban J connectivity index is 2.14. The Kier molecular flexibility index (Phi) is 4.32. The van der Waals surface area contributed by atoms with Crippen molar-refractivity contribution in [1.29, 1.82) is 0 Å². The Morgan fingerprint density at radius 1 is 1.24 bits per heavy atom. The van der Waals surface area contributed by atoms with Gasteiger partial charge in [-0.2, -0.15) is 0 Å². The van der Waals surface area contributed by atoms with Gasteiger partial charge in [0.25, 0.3) is 5.91 Å². The van der Waals surface area contributed by atoms with Crippen LogP contribution in [0.4, 0.5) is 0 Å². The molecule has 1 saturated heterocycles. The van der Waals surface area contributed by atoms with Gasteiger partial charge in [-0.1, -0.05) is 0 Å². The number of carboxylic acid groups (broad SMARTS) is 1. The summed E-state index contributed by atoms with van der Waals surface area (Å²) in [5, 5.41) is 9.03. The summed E-state index contributed by atoms with van der Waals surface area (Å²) >= 11 is 0. The molecule has 0 bridgehead atoms. The van der Waals surface area contributed by atoms with E-state index in [0.717, 1.165) is 6.26 Å². The van der Waals surface area contributed by atoms with Gasteiger partial charge in [0.15, 0.2) is 9.84 Å². The van der Waals surface area contributed by atoms with Crippen molar-refractivity contribution in [2.45, 2.75) is 17.7 Å². The molecule has 6 nitrogen and oxygen atoms in total. The molecule has 1 aromatic carbocycles. The van der Waals surface area contributed by atoms with Gasteiger partial charge in [-0.25, -0.2) is 8.42 Å². The molecule has 7 heteroatoms. The standard InChI is InChI=1S/C14H17NO5S/c1-21(19,20)12-6-4-10(5-7-12)13(16)15-8-2-3-11(9-15)14(17)18/h4-7,11H,2-3,8-9H2,1H3,(H,17,18)/t11-/m0/s1. The van der Waals surface area contributed by atoms with Crippen LogP contribution in [0.3, 0.4) is 0 Å². The van der Waals surface area contributed by atoms with Gasteiger partial charge in [0.2, 0.25) is 0 Å². The van der Waals surface area contributed by atoms with Gasteiger partial charge in [-0.05, 0) is 37.1 Å². The van der Waals surface area contributed by atoms with Gasteiger partial charge >= 0.3 is 5.97 Å². The third-order valence-electron chi connectivity index (χ3n) is 3.59. The van der Waals surface area contributed by atoms with Crippen molar-refractivity contribution in [3.05, 3.63) is 29.8 Å². The van der Waals surface area contributed by atoms with Crippen molar-refractivity contribution in [1.82, 2.24) is 4.90 Å². The smallest absolute Gasteiger partial charge is 0.308 e. The molecule has 1 fully saturated rings. The molecule has 0 radical (unpaired) electrons. The number of amides is 1. The van der Waals surface area contributed by atoms with Crippen molar-refractivity contribution >= 4 is 21.7 Å². The van der Waals surface area contributed by atoms with Gasteiger partial charge in [-0.3, -0.25) is 9.59 Å². The van der Waals surface area contributed by atoms with Gasteiger partial charge in [0, 0.05) is 24.9 Å². The normalized spacial score (nSPS) is 19.3. The fourth-order valence-electron chi connectivity index (χ4n) is 2.39. The lowest BCUT2D eigenvalue weighted by Gasteiger charge is -2.30. The molecular weight excluding hydrogens is 294 g/mol. The summed E-state index contributed by atoms with van der Waals surface area (Å²) in [6, 6.07) is 5.70. The minimum absolute atomic E-state index is 0.154. The minimum Gasteiger partial charge on any atom is -0.481 e. The maximum absolute atomic E-state index is 12.3. The van der Waals surface area contributed by atoms with Gasteiger partial charge in [0.05, 0.1) is 10.8 Å². The topological polar surface area (TPSA) is 91.8 Å². The number of likely N-dealkylation sites (tertiary alicyclic amines) is 1. The van der Waals surface area contributed by atoms with Crippen LogP contribution < -0.4 is 0 Å². The zero-order valence-corrected chi connectivity index (χ0v) is 12.5. The maximum atomic E-state index is 12.3. The second-order valence-electron chi connectivity index (χ2n) is 5.23. The van der Waals surface area contributed by atoms with Crippen LogP contribution in [0.25, 0.3) is 0 Å². The van der Waals surface area contributed by atoms with E-state index in [1.165, 1.54) is 29.2 Å². The first kappa shape index (κ1) is 15.5. The SMILES string of the molecule is CS(=O)(=O)c1ccc(C(=O)N2CCC[C@H](C(=O)O)C2)cc1. The zero-order chi connectivity index (χ0) is 15.6. The van der Waals surface area contributed by atoms with Crippen LogP contribution >= 0.6 is 0 Å². The number of piperidine rings is 1. The molecule has 114 valence electrons. The fraction of sp³-hybridized carbons (Fsp3) is 0.429. The zero-order valence-electron chi connectivity index (χ0n) is 11.7. The Bertz CT molecular complexity index is 650. The lowest BCUT2D eigenvalue weighted by Crippen LogP contribution is -2.42. The van der Waals surface area contributed by atoms with Crippen LogP contribution in [0.2, 0.25) is 0 Å². The predicted molar refractivity (Wildman–Crippen MR) is 75.8 cm³/mol. The second kappa shape index (κ2) is 5.85. The summed E-state index contributed by atoms with van der Waals surface area (Å²) in [5.41, 5.74) is 0.369. The molecule has 1 amide bonds. The average molecular weight is 311 g/mol.